The summed E-state index contributed by atoms with van der Waals surface area (Å²) in [5.74, 6) is -3.12. The molecule has 0 radical (unpaired) electrons. The second kappa shape index (κ2) is 28.4. The third-order valence-electron chi connectivity index (χ3n) is 14.3. The van der Waals surface area contributed by atoms with Crippen LogP contribution in [0.3, 0.4) is 0 Å². The van der Waals surface area contributed by atoms with Crippen LogP contribution < -0.4 is 27.0 Å². The van der Waals surface area contributed by atoms with Crippen LogP contribution in [0, 0.1) is 0 Å². The Bertz CT molecular complexity index is 1990. The van der Waals surface area contributed by atoms with Crippen LogP contribution >= 0.6 is 0 Å². The van der Waals surface area contributed by atoms with E-state index in [1.807, 2.05) is 0 Å². The molecule has 0 aromatic heterocycles. The Labute approximate surface area is 451 Å². The van der Waals surface area contributed by atoms with E-state index in [2.05, 4.69) is 21.3 Å². The Balaban J connectivity index is 1.23. The summed E-state index contributed by atoms with van der Waals surface area (Å²) in [4.78, 5) is 50.3. The minimum absolute atomic E-state index is 0.627. The Morgan fingerprint density at radius 2 is 0.772 bits per heavy atom. The number of aliphatic hydroxyl groups is 13. The van der Waals surface area contributed by atoms with Gasteiger partial charge in [-0.2, -0.15) is 0 Å². The van der Waals surface area contributed by atoms with E-state index in [1.54, 1.807) is 0 Å². The average Bonchev–Trinajstić information content (AvgIpc) is 3.53. The molecule has 19 N–H and O–H groups in total. The van der Waals surface area contributed by atoms with Crippen LogP contribution in [0.25, 0.3) is 0 Å². The molecular weight excluding hydrogens is 1070 g/mol. The molecule has 0 saturated carbocycles. The fraction of sp³-hybridized carbons (Fsp3) is 0.911. The van der Waals surface area contributed by atoms with Crippen LogP contribution in [0.5, 0.6) is 0 Å². The molecule has 6 aliphatic rings. The summed E-state index contributed by atoms with van der Waals surface area (Å²) >= 11 is 0. The number of aliphatic hydroxyl groups excluding tert-OH is 13. The number of nitrogens with one attached hydrogen (secondary N) is 4. The van der Waals surface area contributed by atoms with Crippen LogP contribution in [0.4, 0.5) is 0 Å². The molecule has 6 rings (SSSR count). The standard InChI is InChI=1S/C45H77N5O29/c1-12-27(59)34(66)39(68-6)45(70-12)69-11-21-38(30(62)23(40(67)71-21)47-13(2)55)79-44-26(50-16(5)58)33(65)37(20(10-54)75-44)78-43-25(49-15(4)57)32(64)36(19(9-53)74-43)77-42-24(48-14(3)56)31(63)35(18(8-52)73-42)76-41-22(46)29(61)28(60)17(7-51)72-41/h12,17-45,51-54,59-67H,7-11,46H2,1-6H3,(H,47,55)(H,48,56)(H,49,57)(H,50,58)/t12?,17?,18?,19?,20?,21?,22?,23?,24?,25?,26?,27-,28-,29-,30-,31+,32-,33-,34?,35?,36-,37-,38-,39-,40-,41+,42+,43+,44+,45-/m1/s1. The molecule has 456 valence electrons. The number of carbonyl (C=O) groups excluding carboxylic acids is 4. The van der Waals surface area contributed by atoms with Crippen molar-refractivity contribution in [3.63, 3.8) is 0 Å². The highest BCUT2D eigenvalue weighted by Crippen LogP contribution is 2.36. The number of amides is 4. The van der Waals surface area contributed by atoms with Crippen molar-refractivity contribution in [3.05, 3.63) is 0 Å². The molecule has 0 bridgehead atoms. The predicted octanol–water partition coefficient (Wildman–Crippen LogP) is -11.9. The summed E-state index contributed by atoms with van der Waals surface area (Å²) in [5.41, 5.74) is 6.04. The van der Waals surface area contributed by atoms with Gasteiger partial charge in [-0.25, -0.2) is 0 Å². The zero-order valence-electron chi connectivity index (χ0n) is 43.8. The van der Waals surface area contributed by atoms with Crippen molar-refractivity contribution in [2.75, 3.05) is 40.1 Å². The molecule has 6 fully saturated rings. The van der Waals surface area contributed by atoms with Gasteiger partial charge < -0.3 is 150 Å². The quantitative estimate of drug-likeness (QED) is 0.0538. The zero-order valence-corrected chi connectivity index (χ0v) is 43.8. The number of hydrogen-bond donors (Lipinski definition) is 18. The molecule has 34 nitrogen and oxygen atoms in total. The Morgan fingerprint density at radius 1 is 0.418 bits per heavy atom. The molecule has 0 aromatic rings. The first-order valence-corrected chi connectivity index (χ1v) is 25.4. The molecule has 34 heteroatoms. The van der Waals surface area contributed by atoms with Gasteiger partial charge >= 0.3 is 0 Å². The SMILES string of the molecule is CO[C@@H]1C(O)[C@H](O)C(C)O[C@H]1OCC1O[C@@H](O)C(NC(C)=O)[C@@H](O)[C@@H]1O[C@@H]1OC(CO)[C@@H](O[C@@H]2OC(CO)[C@@H](O[C@@H]3OC(CO)C(O[C@@H]4OC(CO)[C@@H](O)[C@H](O)C4N)[C@@H](O)C3NC(C)=O)[C@H](O)C2NC(C)=O)[C@H](O)C1NC(C)=O. The summed E-state index contributed by atoms with van der Waals surface area (Å²) in [6.07, 6.45) is -41.7. The van der Waals surface area contributed by atoms with Crippen LogP contribution in [0.1, 0.15) is 34.6 Å². The number of rotatable bonds is 20. The van der Waals surface area contributed by atoms with Crippen molar-refractivity contribution in [1.82, 2.24) is 21.3 Å². The highest BCUT2D eigenvalue weighted by atomic mass is 16.8. The van der Waals surface area contributed by atoms with Crippen LogP contribution in [0.2, 0.25) is 0 Å². The summed E-state index contributed by atoms with van der Waals surface area (Å²) in [7, 11) is 1.21. The molecule has 4 amide bonds. The van der Waals surface area contributed by atoms with Gasteiger partial charge in [0.1, 0.15) is 134 Å². The smallest absolute Gasteiger partial charge is 0.217 e. The van der Waals surface area contributed by atoms with Crippen molar-refractivity contribution in [3.8, 4) is 0 Å². The molecule has 30 atom stereocenters. The zero-order chi connectivity index (χ0) is 58.5. The third-order valence-corrected chi connectivity index (χ3v) is 14.3. The lowest BCUT2D eigenvalue weighted by atomic mass is 9.93. The summed E-state index contributed by atoms with van der Waals surface area (Å²) in [5, 5.41) is 152. The molecule has 0 aromatic carbocycles. The van der Waals surface area contributed by atoms with E-state index in [1.165, 1.54) is 14.0 Å². The number of carbonyl (C=O) groups is 4. The average molecular weight is 1150 g/mol. The van der Waals surface area contributed by atoms with E-state index in [0.29, 0.717) is 0 Å². The molecule has 0 aliphatic carbocycles. The van der Waals surface area contributed by atoms with Gasteiger partial charge in [-0.1, -0.05) is 0 Å². The first-order chi connectivity index (χ1) is 37.3. The van der Waals surface area contributed by atoms with Gasteiger partial charge in [-0.3, -0.25) is 19.2 Å². The number of ether oxygens (including phenoxy) is 12. The van der Waals surface area contributed by atoms with Gasteiger partial charge in [0.15, 0.2) is 37.7 Å². The number of hydrogen-bond acceptors (Lipinski definition) is 30. The topological polar surface area (TPSA) is 516 Å². The highest BCUT2D eigenvalue weighted by molar-refractivity contribution is 5.74. The third kappa shape index (κ3) is 14.8. The van der Waals surface area contributed by atoms with E-state index in [0.717, 1.165) is 27.7 Å². The van der Waals surface area contributed by atoms with Gasteiger partial charge in [0.25, 0.3) is 0 Å². The molecule has 79 heavy (non-hydrogen) atoms. The molecule has 6 saturated heterocycles. The van der Waals surface area contributed by atoms with Crippen LogP contribution in [-0.2, 0) is 76.0 Å². The minimum Gasteiger partial charge on any atom is -0.394 e. The maximum atomic E-state index is 12.8. The fourth-order valence-electron chi connectivity index (χ4n) is 10.3. The first kappa shape index (κ1) is 65.0. The first-order valence-electron chi connectivity index (χ1n) is 25.4. The summed E-state index contributed by atoms with van der Waals surface area (Å²) < 4.78 is 70.6. The van der Waals surface area contributed by atoms with E-state index in [9.17, 15) is 85.6 Å². The number of methoxy groups -OCH3 is 1. The highest BCUT2D eigenvalue weighted by Gasteiger charge is 2.58. The minimum atomic E-state index is -2.02. The van der Waals surface area contributed by atoms with Gasteiger partial charge in [-0.05, 0) is 6.92 Å². The molecular formula is C45H77N5O29. The van der Waals surface area contributed by atoms with Crippen molar-refractivity contribution in [1.29, 1.82) is 0 Å². The lowest BCUT2D eigenvalue weighted by molar-refractivity contribution is -0.368. The molecule has 0 spiro atoms. The van der Waals surface area contributed by atoms with Crippen LogP contribution in [-0.4, -0.2) is 314 Å². The molecule has 6 heterocycles. The molecule has 6 aliphatic heterocycles. The Hall–Kier alpha value is -3.16. The van der Waals surface area contributed by atoms with Crippen molar-refractivity contribution in [2.24, 2.45) is 5.73 Å². The maximum Gasteiger partial charge on any atom is 0.217 e. The fourth-order valence-corrected chi connectivity index (χ4v) is 10.3. The second-order valence-electron chi connectivity index (χ2n) is 20.0. The maximum absolute atomic E-state index is 12.8. The molecule has 13 unspecified atom stereocenters. The lowest BCUT2D eigenvalue weighted by Crippen LogP contribution is -2.72. The van der Waals surface area contributed by atoms with Crippen molar-refractivity contribution < 1.29 is 142 Å². The van der Waals surface area contributed by atoms with Gasteiger partial charge in [0.05, 0.1) is 45.2 Å². The van der Waals surface area contributed by atoms with Crippen LogP contribution in [0.15, 0.2) is 0 Å². The van der Waals surface area contributed by atoms with E-state index in [-0.39, 0.29) is 0 Å². The summed E-state index contributed by atoms with van der Waals surface area (Å²) in [6, 6.07) is -8.17. The Morgan fingerprint density at radius 3 is 1.15 bits per heavy atom. The normalized spacial score (nSPS) is 46.7. The van der Waals surface area contributed by atoms with Crippen molar-refractivity contribution in [2.45, 2.75) is 219 Å². The van der Waals surface area contributed by atoms with Gasteiger partial charge in [0.2, 0.25) is 23.6 Å². The Kier molecular flexibility index (Phi) is 23.4. The van der Waals surface area contributed by atoms with E-state index in [4.69, 9.17) is 62.6 Å². The predicted molar refractivity (Wildman–Crippen MR) is 251 cm³/mol. The lowest BCUT2D eigenvalue weighted by Gasteiger charge is -2.51. The van der Waals surface area contributed by atoms with Gasteiger partial charge in [-0.15, -0.1) is 0 Å². The monoisotopic (exact) mass is 1150 g/mol. The second-order valence-corrected chi connectivity index (χ2v) is 20.0. The van der Waals surface area contributed by atoms with Crippen molar-refractivity contribution >= 4 is 23.6 Å². The number of nitrogens with two attached hydrogens (primary N) is 1. The van der Waals surface area contributed by atoms with E-state index < -0.39 is 241 Å². The van der Waals surface area contributed by atoms with E-state index >= 15 is 0 Å². The largest absolute Gasteiger partial charge is 0.394 e. The summed E-state index contributed by atoms with van der Waals surface area (Å²) in [6.45, 7) is 1.30. The van der Waals surface area contributed by atoms with Gasteiger partial charge in [0, 0.05) is 34.8 Å².